The lowest BCUT2D eigenvalue weighted by Crippen LogP contribution is -2.40. The number of carbonyl (C=O) groups is 1. The van der Waals surface area contributed by atoms with Gasteiger partial charge in [-0.25, -0.2) is 0 Å². The van der Waals surface area contributed by atoms with E-state index in [1.807, 2.05) is 4.90 Å². The molecule has 2 unspecified atom stereocenters. The van der Waals surface area contributed by atoms with E-state index in [-0.39, 0.29) is 17.8 Å². The fraction of sp³-hybridized carbons (Fsp3) is 0.778. The Bertz CT molecular complexity index is 336. The number of nitrogens with one attached hydrogen (secondary N) is 1. The van der Waals surface area contributed by atoms with Crippen molar-refractivity contribution in [1.29, 1.82) is 0 Å². The molecule has 0 aliphatic carbocycles. The van der Waals surface area contributed by atoms with Crippen molar-refractivity contribution < 1.29 is 4.79 Å². The predicted molar refractivity (Wildman–Crippen MR) is 53.1 cm³/mol. The molecule has 0 spiro atoms. The number of hydrogen-bond acceptors (Lipinski definition) is 4. The summed E-state index contributed by atoms with van der Waals surface area (Å²) in [4.78, 5) is 13.9. The monoisotopic (exact) mass is 209 g/mol. The van der Waals surface area contributed by atoms with Gasteiger partial charge in [0.1, 0.15) is 0 Å². The summed E-state index contributed by atoms with van der Waals surface area (Å²) >= 11 is 0. The van der Waals surface area contributed by atoms with Crippen LogP contribution in [0.25, 0.3) is 0 Å². The topological polar surface area (TPSA) is 74.8 Å². The van der Waals surface area contributed by atoms with E-state index >= 15 is 0 Å². The molecule has 0 bridgehead atoms. The zero-order chi connectivity index (χ0) is 10.8. The summed E-state index contributed by atoms with van der Waals surface area (Å²) < 4.78 is 0. The van der Waals surface area contributed by atoms with E-state index < -0.39 is 0 Å². The lowest BCUT2D eigenvalue weighted by Gasteiger charge is -2.26. The molecule has 1 aromatic rings. The fourth-order valence-electron chi connectivity index (χ4n) is 2.21. The van der Waals surface area contributed by atoms with E-state index in [1.165, 1.54) is 0 Å². The molecule has 2 atom stereocenters. The number of aromatic amines is 1. The molecule has 1 amide bonds. The molecule has 6 heteroatoms. The van der Waals surface area contributed by atoms with Crippen LogP contribution in [0.15, 0.2) is 0 Å². The third-order valence-corrected chi connectivity index (χ3v) is 3.03. The number of hydrogen-bond donors (Lipinski definition) is 1. The molecule has 6 nitrogen and oxygen atoms in total. The van der Waals surface area contributed by atoms with Crippen molar-refractivity contribution in [3.8, 4) is 0 Å². The average molecular weight is 209 g/mol. The summed E-state index contributed by atoms with van der Waals surface area (Å²) in [6, 6.07) is 0.604. The Balaban J connectivity index is 2.18. The minimum absolute atomic E-state index is 0.111. The second-order valence-corrected chi connectivity index (χ2v) is 3.94. The van der Waals surface area contributed by atoms with Crippen molar-refractivity contribution in [1.82, 2.24) is 25.5 Å². The van der Waals surface area contributed by atoms with Crippen molar-refractivity contribution >= 4 is 5.91 Å². The number of amides is 1. The molecule has 1 aromatic heterocycles. The Morgan fingerprint density at radius 2 is 2.40 bits per heavy atom. The summed E-state index contributed by atoms with van der Waals surface area (Å²) in [5.74, 6) is 0.0581. The molecule has 1 fully saturated rings. The van der Waals surface area contributed by atoms with Gasteiger partial charge in [0, 0.05) is 12.1 Å². The third kappa shape index (κ3) is 1.71. The minimum atomic E-state index is -0.111. The standard InChI is InChI=1S/C9H15N5O/c1-3-7-5-4-6(2)14(7)9(15)8-10-12-13-11-8/h6-7H,3-5H2,1-2H3,(H,10,11,12,13). The molecular weight excluding hydrogens is 194 g/mol. The summed E-state index contributed by atoms with van der Waals surface area (Å²) in [6.45, 7) is 4.16. The van der Waals surface area contributed by atoms with Crippen LogP contribution >= 0.6 is 0 Å². The molecule has 0 radical (unpaired) electrons. The van der Waals surface area contributed by atoms with Gasteiger partial charge in [-0.05, 0) is 31.4 Å². The van der Waals surface area contributed by atoms with Gasteiger partial charge >= 0.3 is 0 Å². The van der Waals surface area contributed by atoms with Crippen molar-refractivity contribution in [2.24, 2.45) is 0 Å². The molecule has 1 saturated heterocycles. The Labute approximate surface area is 88.0 Å². The van der Waals surface area contributed by atoms with Gasteiger partial charge in [0.15, 0.2) is 0 Å². The van der Waals surface area contributed by atoms with Gasteiger partial charge in [-0.15, -0.1) is 10.2 Å². The maximum atomic E-state index is 12.0. The van der Waals surface area contributed by atoms with Crippen molar-refractivity contribution in [3.05, 3.63) is 5.82 Å². The number of nitrogens with zero attached hydrogens (tertiary/aromatic N) is 4. The second-order valence-electron chi connectivity index (χ2n) is 3.94. The normalized spacial score (nSPS) is 25.9. The summed E-state index contributed by atoms with van der Waals surface area (Å²) in [5.41, 5.74) is 0. The van der Waals surface area contributed by atoms with Gasteiger partial charge < -0.3 is 4.90 Å². The van der Waals surface area contributed by atoms with Gasteiger partial charge in [-0.3, -0.25) is 4.79 Å². The van der Waals surface area contributed by atoms with Crippen LogP contribution < -0.4 is 0 Å². The number of rotatable bonds is 2. The number of H-pyrrole nitrogens is 1. The van der Waals surface area contributed by atoms with E-state index in [0.717, 1.165) is 19.3 Å². The van der Waals surface area contributed by atoms with Crippen LogP contribution in [0, 0.1) is 0 Å². The fourth-order valence-corrected chi connectivity index (χ4v) is 2.21. The minimum Gasteiger partial charge on any atom is -0.330 e. The van der Waals surface area contributed by atoms with E-state index in [1.54, 1.807) is 0 Å². The van der Waals surface area contributed by atoms with E-state index in [4.69, 9.17) is 0 Å². The Hall–Kier alpha value is -1.46. The van der Waals surface area contributed by atoms with Crippen LogP contribution in [-0.4, -0.2) is 43.5 Å². The third-order valence-electron chi connectivity index (χ3n) is 3.03. The number of carbonyl (C=O) groups excluding carboxylic acids is 1. The first kappa shape index (κ1) is 10.1. The first-order valence-corrected chi connectivity index (χ1v) is 5.30. The van der Waals surface area contributed by atoms with Gasteiger partial charge in [0.2, 0.25) is 0 Å². The molecular formula is C9H15N5O. The second kappa shape index (κ2) is 3.96. The predicted octanol–water partition coefficient (Wildman–Crippen LogP) is 0.603. The lowest BCUT2D eigenvalue weighted by atomic mass is 10.1. The van der Waals surface area contributed by atoms with Crippen molar-refractivity contribution in [2.45, 2.75) is 45.2 Å². The van der Waals surface area contributed by atoms with Gasteiger partial charge in [-0.1, -0.05) is 6.92 Å². The van der Waals surface area contributed by atoms with Crippen LogP contribution in [0.3, 0.4) is 0 Å². The van der Waals surface area contributed by atoms with Crippen LogP contribution in [0.4, 0.5) is 0 Å². The van der Waals surface area contributed by atoms with E-state index in [0.29, 0.717) is 6.04 Å². The maximum absolute atomic E-state index is 12.0. The highest BCUT2D eigenvalue weighted by Crippen LogP contribution is 2.26. The number of likely N-dealkylation sites (tertiary alicyclic amines) is 1. The first-order chi connectivity index (χ1) is 7.24. The van der Waals surface area contributed by atoms with Gasteiger partial charge in [-0.2, -0.15) is 5.21 Å². The molecule has 0 aromatic carbocycles. The zero-order valence-corrected chi connectivity index (χ0v) is 8.97. The molecule has 82 valence electrons. The first-order valence-electron chi connectivity index (χ1n) is 5.30. The maximum Gasteiger partial charge on any atom is 0.295 e. The Morgan fingerprint density at radius 1 is 1.60 bits per heavy atom. The van der Waals surface area contributed by atoms with Gasteiger partial charge in [0.05, 0.1) is 0 Å². The van der Waals surface area contributed by atoms with Crippen molar-refractivity contribution in [2.75, 3.05) is 0 Å². The molecule has 0 saturated carbocycles. The van der Waals surface area contributed by atoms with E-state index in [2.05, 4.69) is 34.5 Å². The summed E-state index contributed by atoms with van der Waals surface area (Å²) in [7, 11) is 0. The van der Waals surface area contributed by atoms with Crippen LogP contribution in [0.2, 0.25) is 0 Å². The summed E-state index contributed by atoms with van der Waals surface area (Å²) in [5, 5.41) is 13.2. The van der Waals surface area contributed by atoms with Crippen LogP contribution in [0.1, 0.15) is 43.7 Å². The largest absolute Gasteiger partial charge is 0.330 e. The molecule has 2 heterocycles. The quantitative estimate of drug-likeness (QED) is 0.774. The number of aromatic nitrogens is 4. The highest BCUT2D eigenvalue weighted by atomic mass is 16.2. The molecule has 15 heavy (non-hydrogen) atoms. The van der Waals surface area contributed by atoms with Crippen molar-refractivity contribution in [3.63, 3.8) is 0 Å². The van der Waals surface area contributed by atoms with Crippen LogP contribution in [-0.2, 0) is 0 Å². The average Bonchev–Trinajstić information content (AvgIpc) is 2.85. The highest BCUT2D eigenvalue weighted by molar-refractivity contribution is 5.90. The van der Waals surface area contributed by atoms with E-state index in [9.17, 15) is 4.79 Å². The molecule has 1 N–H and O–H groups in total. The number of tetrazole rings is 1. The Morgan fingerprint density at radius 3 is 3.00 bits per heavy atom. The van der Waals surface area contributed by atoms with Gasteiger partial charge in [0.25, 0.3) is 11.7 Å². The lowest BCUT2D eigenvalue weighted by molar-refractivity contribution is 0.0663. The van der Waals surface area contributed by atoms with Crippen LogP contribution in [0.5, 0.6) is 0 Å². The Kier molecular flexibility index (Phi) is 2.66. The molecule has 1 aliphatic rings. The molecule has 2 rings (SSSR count). The summed E-state index contributed by atoms with van der Waals surface area (Å²) in [6.07, 6.45) is 3.11. The zero-order valence-electron chi connectivity index (χ0n) is 8.97. The SMILES string of the molecule is CCC1CCC(C)N1C(=O)c1nn[nH]n1. The smallest absolute Gasteiger partial charge is 0.295 e. The highest BCUT2D eigenvalue weighted by Gasteiger charge is 2.35. The molecule has 1 aliphatic heterocycles.